The Morgan fingerprint density at radius 3 is 2.73 bits per heavy atom. The van der Waals surface area contributed by atoms with E-state index >= 15 is 0 Å². The maximum atomic E-state index is 12.3. The van der Waals surface area contributed by atoms with Crippen molar-refractivity contribution >= 4 is 40.6 Å². The van der Waals surface area contributed by atoms with Gasteiger partial charge in [-0.05, 0) is 42.5 Å². The number of anilines is 1. The Morgan fingerprint density at radius 1 is 1.23 bits per heavy atom. The zero-order chi connectivity index (χ0) is 20.9. The van der Waals surface area contributed by atoms with Gasteiger partial charge >= 0.3 is 0 Å². The van der Waals surface area contributed by atoms with Crippen LogP contribution in [0.25, 0.3) is 10.7 Å². The first-order valence-corrected chi connectivity index (χ1v) is 11.8. The van der Waals surface area contributed by atoms with Crippen LogP contribution < -0.4 is 10.2 Å². The SMILES string of the molecule is CCn1c(SCC(=O)NCc2ccc(N3CCCC3=O)cc2)nnc1-c1cccs1. The third-order valence-electron chi connectivity index (χ3n) is 4.92. The molecule has 0 unspecified atom stereocenters. The third kappa shape index (κ3) is 4.57. The fourth-order valence-corrected chi connectivity index (χ4v) is 4.91. The molecule has 1 aliphatic heterocycles. The van der Waals surface area contributed by atoms with Crippen molar-refractivity contribution in [2.75, 3.05) is 17.2 Å². The highest BCUT2D eigenvalue weighted by atomic mass is 32.2. The molecule has 156 valence electrons. The van der Waals surface area contributed by atoms with Gasteiger partial charge in [-0.2, -0.15) is 0 Å². The third-order valence-corrected chi connectivity index (χ3v) is 6.75. The molecule has 0 bridgehead atoms. The number of carbonyl (C=O) groups excluding carboxylic acids is 2. The minimum atomic E-state index is -0.0536. The van der Waals surface area contributed by atoms with Gasteiger partial charge in [-0.25, -0.2) is 0 Å². The summed E-state index contributed by atoms with van der Waals surface area (Å²) in [6.45, 7) is 4.03. The smallest absolute Gasteiger partial charge is 0.230 e. The maximum Gasteiger partial charge on any atom is 0.230 e. The van der Waals surface area contributed by atoms with E-state index in [1.807, 2.05) is 58.2 Å². The molecule has 30 heavy (non-hydrogen) atoms. The lowest BCUT2D eigenvalue weighted by Gasteiger charge is -2.16. The maximum absolute atomic E-state index is 12.3. The summed E-state index contributed by atoms with van der Waals surface area (Å²) in [6.07, 6.45) is 1.53. The molecular weight excluding hydrogens is 418 g/mol. The van der Waals surface area contributed by atoms with Gasteiger partial charge in [0.05, 0.1) is 10.6 Å². The van der Waals surface area contributed by atoms with Crippen LogP contribution >= 0.6 is 23.1 Å². The Morgan fingerprint density at radius 2 is 2.07 bits per heavy atom. The second-order valence-corrected chi connectivity index (χ2v) is 8.80. The lowest BCUT2D eigenvalue weighted by Crippen LogP contribution is -2.25. The summed E-state index contributed by atoms with van der Waals surface area (Å²) in [5.74, 6) is 1.24. The van der Waals surface area contributed by atoms with E-state index in [2.05, 4.69) is 15.5 Å². The van der Waals surface area contributed by atoms with Crippen molar-refractivity contribution in [3.05, 3.63) is 47.3 Å². The highest BCUT2D eigenvalue weighted by Gasteiger charge is 2.21. The first kappa shape index (κ1) is 20.6. The molecule has 0 aliphatic carbocycles. The van der Waals surface area contributed by atoms with Crippen molar-refractivity contribution in [1.29, 1.82) is 0 Å². The van der Waals surface area contributed by atoms with E-state index in [9.17, 15) is 9.59 Å². The van der Waals surface area contributed by atoms with Gasteiger partial charge in [-0.15, -0.1) is 21.5 Å². The second kappa shape index (κ2) is 9.44. The molecule has 1 saturated heterocycles. The van der Waals surface area contributed by atoms with Crippen molar-refractivity contribution < 1.29 is 9.59 Å². The summed E-state index contributed by atoms with van der Waals surface area (Å²) < 4.78 is 2.03. The van der Waals surface area contributed by atoms with Crippen LogP contribution in [-0.2, 0) is 22.7 Å². The standard InChI is InChI=1S/C21H23N5O2S2/c1-2-25-20(17-5-4-12-29-17)23-24-21(25)30-14-18(27)22-13-15-7-9-16(10-8-15)26-11-3-6-19(26)28/h4-5,7-10,12H,2-3,6,11,13-14H2,1H3,(H,22,27). The number of hydrogen-bond acceptors (Lipinski definition) is 6. The number of nitrogens with one attached hydrogen (secondary N) is 1. The molecule has 2 aromatic heterocycles. The highest BCUT2D eigenvalue weighted by Crippen LogP contribution is 2.27. The van der Waals surface area contributed by atoms with E-state index in [0.717, 1.165) is 46.6 Å². The van der Waals surface area contributed by atoms with Crippen molar-refractivity contribution in [2.45, 2.75) is 38.0 Å². The Balaban J connectivity index is 1.29. The van der Waals surface area contributed by atoms with E-state index < -0.39 is 0 Å². The second-order valence-electron chi connectivity index (χ2n) is 6.91. The molecule has 2 amide bonds. The summed E-state index contributed by atoms with van der Waals surface area (Å²) in [6, 6.07) is 11.8. The van der Waals surface area contributed by atoms with E-state index in [4.69, 9.17) is 0 Å². The van der Waals surface area contributed by atoms with Crippen LogP contribution in [0.3, 0.4) is 0 Å². The molecule has 0 radical (unpaired) electrons. The molecule has 9 heteroatoms. The van der Waals surface area contributed by atoms with Gasteiger partial charge in [-0.3, -0.25) is 9.59 Å². The normalized spacial score (nSPS) is 13.8. The average Bonchev–Trinajstić information content (AvgIpc) is 3.51. The molecule has 1 aliphatic rings. The summed E-state index contributed by atoms with van der Waals surface area (Å²) in [7, 11) is 0. The monoisotopic (exact) mass is 441 g/mol. The molecule has 1 fully saturated rings. The predicted octanol–water partition coefficient (Wildman–Crippen LogP) is 3.56. The molecule has 0 spiro atoms. The molecule has 3 heterocycles. The number of aromatic nitrogens is 3. The molecule has 0 saturated carbocycles. The van der Waals surface area contributed by atoms with Crippen LogP contribution in [-0.4, -0.2) is 38.9 Å². The Labute approximate surface area is 183 Å². The number of carbonyl (C=O) groups is 2. The van der Waals surface area contributed by atoms with Gasteiger partial charge in [0.1, 0.15) is 0 Å². The summed E-state index contributed by atoms with van der Waals surface area (Å²) in [4.78, 5) is 27.0. The number of amides is 2. The molecule has 1 aromatic carbocycles. The minimum absolute atomic E-state index is 0.0536. The van der Waals surface area contributed by atoms with Gasteiger partial charge < -0.3 is 14.8 Å². The van der Waals surface area contributed by atoms with E-state index in [1.165, 1.54) is 11.8 Å². The van der Waals surface area contributed by atoms with Gasteiger partial charge in [-0.1, -0.05) is 30.0 Å². The quantitative estimate of drug-likeness (QED) is 0.541. The predicted molar refractivity (Wildman–Crippen MR) is 120 cm³/mol. The summed E-state index contributed by atoms with van der Waals surface area (Å²) >= 11 is 3.01. The number of nitrogens with zero attached hydrogens (tertiary/aromatic N) is 4. The van der Waals surface area contributed by atoms with Crippen LogP contribution in [0.2, 0.25) is 0 Å². The number of rotatable bonds is 8. The molecule has 0 atom stereocenters. The number of benzene rings is 1. The van der Waals surface area contributed by atoms with Gasteiger partial charge in [0.2, 0.25) is 11.8 Å². The Bertz CT molecular complexity index is 1010. The zero-order valence-corrected chi connectivity index (χ0v) is 18.3. The van der Waals surface area contributed by atoms with E-state index in [0.29, 0.717) is 13.0 Å². The average molecular weight is 442 g/mol. The fourth-order valence-electron chi connectivity index (χ4n) is 3.37. The summed E-state index contributed by atoms with van der Waals surface area (Å²) in [5, 5.41) is 14.3. The molecule has 4 rings (SSSR count). The van der Waals surface area contributed by atoms with Crippen molar-refractivity contribution in [3.8, 4) is 10.7 Å². The Kier molecular flexibility index (Phi) is 6.49. The zero-order valence-electron chi connectivity index (χ0n) is 16.7. The molecule has 1 N–H and O–H groups in total. The van der Waals surface area contributed by atoms with Gasteiger partial charge in [0.25, 0.3) is 0 Å². The topological polar surface area (TPSA) is 80.1 Å². The highest BCUT2D eigenvalue weighted by molar-refractivity contribution is 7.99. The van der Waals surface area contributed by atoms with Crippen LogP contribution in [0.15, 0.2) is 46.9 Å². The number of thiophene rings is 1. The molecule has 3 aromatic rings. The lowest BCUT2D eigenvalue weighted by molar-refractivity contribution is -0.119. The van der Waals surface area contributed by atoms with Crippen LogP contribution in [0, 0.1) is 0 Å². The fraction of sp³-hybridized carbons (Fsp3) is 0.333. The largest absolute Gasteiger partial charge is 0.351 e. The van der Waals surface area contributed by atoms with Gasteiger partial charge in [0.15, 0.2) is 11.0 Å². The van der Waals surface area contributed by atoms with Crippen LogP contribution in [0.4, 0.5) is 5.69 Å². The number of thioether (sulfide) groups is 1. The van der Waals surface area contributed by atoms with Crippen LogP contribution in [0.1, 0.15) is 25.3 Å². The Hall–Kier alpha value is -2.65. The molecule has 7 nitrogen and oxygen atoms in total. The van der Waals surface area contributed by atoms with Crippen molar-refractivity contribution in [2.24, 2.45) is 0 Å². The first-order chi connectivity index (χ1) is 14.7. The first-order valence-electron chi connectivity index (χ1n) is 9.91. The van der Waals surface area contributed by atoms with Gasteiger partial charge in [0, 0.05) is 31.7 Å². The van der Waals surface area contributed by atoms with E-state index in [-0.39, 0.29) is 17.6 Å². The van der Waals surface area contributed by atoms with Crippen LogP contribution in [0.5, 0.6) is 0 Å². The van der Waals surface area contributed by atoms with Crippen molar-refractivity contribution in [3.63, 3.8) is 0 Å². The molecular formula is C21H23N5O2S2. The minimum Gasteiger partial charge on any atom is -0.351 e. The van der Waals surface area contributed by atoms with E-state index in [1.54, 1.807) is 11.3 Å². The lowest BCUT2D eigenvalue weighted by atomic mass is 10.2. The number of hydrogen-bond donors (Lipinski definition) is 1. The summed E-state index contributed by atoms with van der Waals surface area (Å²) in [5.41, 5.74) is 1.92. The van der Waals surface area contributed by atoms with Crippen molar-refractivity contribution in [1.82, 2.24) is 20.1 Å².